The van der Waals surface area contributed by atoms with Crippen molar-refractivity contribution in [3.05, 3.63) is 35.4 Å². The van der Waals surface area contributed by atoms with Crippen molar-refractivity contribution in [2.45, 2.75) is 19.8 Å². The second kappa shape index (κ2) is 6.49. The van der Waals surface area contributed by atoms with Crippen molar-refractivity contribution < 1.29 is 24.0 Å². The lowest BCUT2D eigenvalue weighted by Crippen LogP contribution is -2.34. The quantitative estimate of drug-likeness (QED) is 0.590. The van der Waals surface area contributed by atoms with Gasteiger partial charge in [0.15, 0.2) is 0 Å². The summed E-state index contributed by atoms with van der Waals surface area (Å²) in [7, 11) is 1.59. The number of amides is 2. The number of ether oxygens (including phenoxy) is 1. The highest BCUT2D eigenvalue weighted by Crippen LogP contribution is 2.23. The number of fused-ring (bicyclic) bond motifs is 1. The molecule has 0 aliphatic carbocycles. The van der Waals surface area contributed by atoms with Crippen LogP contribution in [0.5, 0.6) is 0 Å². The molecule has 2 rings (SSSR count). The van der Waals surface area contributed by atoms with Crippen LogP contribution in [-0.2, 0) is 14.4 Å². The van der Waals surface area contributed by atoms with Crippen LogP contribution in [0.3, 0.4) is 0 Å². The molecule has 1 atom stereocenters. The number of hydrogen-bond donors (Lipinski definition) is 0. The Hall–Kier alpha value is -2.21. The number of carbonyl (C=O) groups is 3. The van der Waals surface area contributed by atoms with Gasteiger partial charge in [0.25, 0.3) is 11.8 Å². The van der Waals surface area contributed by atoms with Crippen LogP contribution in [0.4, 0.5) is 0 Å². The van der Waals surface area contributed by atoms with Crippen molar-refractivity contribution in [3.8, 4) is 0 Å². The van der Waals surface area contributed by atoms with E-state index in [4.69, 9.17) is 9.57 Å². The van der Waals surface area contributed by atoms with E-state index in [2.05, 4.69) is 0 Å². The fourth-order valence-electron chi connectivity index (χ4n) is 2.08. The van der Waals surface area contributed by atoms with E-state index in [1.54, 1.807) is 26.2 Å². The van der Waals surface area contributed by atoms with E-state index < -0.39 is 23.7 Å². The molecule has 2 amide bonds. The molecule has 0 N–H and O–H groups in total. The number of imide groups is 1. The third kappa shape index (κ3) is 3.11. The number of benzene rings is 1. The van der Waals surface area contributed by atoms with Crippen LogP contribution in [-0.4, -0.2) is 36.6 Å². The summed E-state index contributed by atoms with van der Waals surface area (Å²) in [6.07, 6.45) is 1.27. The molecule has 0 saturated heterocycles. The number of rotatable bonds is 6. The summed E-state index contributed by atoms with van der Waals surface area (Å²) in [5.74, 6) is -2.22. The average Bonchev–Trinajstić information content (AvgIpc) is 2.73. The summed E-state index contributed by atoms with van der Waals surface area (Å²) in [6, 6.07) is 6.38. The van der Waals surface area contributed by atoms with E-state index in [1.807, 2.05) is 0 Å². The first kappa shape index (κ1) is 15.2. The monoisotopic (exact) mass is 291 g/mol. The van der Waals surface area contributed by atoms with Gasteiger partial charge in [-0.25, -0.2) is 4.79 Å². The molecule has 1 aliphatic rings. The molecule has 0 saturated carbocycles. The molecule has 6 heteroatoms. The van der Waals surface area contributed by atoms with E-state index in [-0.39, 0.29) is 11.1 Å². The van der Waals surface area contributed by atoms with Crippen LogP contribution in [0.15, 0.2) is 24.3 Å². The van der Waals surface area contributed by atoms with Gasteiger partial charge in [0, 0.05) is 13.7 Å². The predicted molar refractivity (Wildman–Crippen MR) is 73.3 cm³/mol. The number of methoxy groups -OCH3 is 1. The molecule has 1 aromatic rings. The average molecular weight is 291 g/mol. The van der Waals surface area contributed by atoms with Crippen LogP contribution in [0.1, 0.15) is 40.5 Å². The molecule has 112 valence electrons. The van der Waals surface area contributed by atoms with Crippen molar-refractivity contribution in [3.63, 3.8) is 0 Å². The molecular formula is C15H17NO5. The Kier molecular flexibility index (Phi) is 4.70. The molecule has 6 nitrogen and oxygen atoms in total. The lowest BCUT2D eigenvalue weighted by Gasteiger charge is -2.16. The molecule has 1 unspecified atom stereocenters. The van der Waals surface area contributed by atoms with Crippen molar-refractivity contribution in [2.75, 3.05) is 13.7 Å². The lowest BCUT2D eigenvalue weighted by atomic mass is 10.1. The summed E-state index contributed by atoms with van der Waals surface area (Å²) >= 11 is 0. The molecule has 0 aromatic heterocycles. The van der Waals surface area contributed by atoms with Gasteiger partial charge in [-0.15, -0.1) is 0 Å². The SMILES string of the molecule is COCCCC(C)C(=O)ON1C(=O)c2ccccc2C1=O. The second-order valence-electron chi connectivity index (χ2n) is 4.90. The first-order chi connectivity index (χ1) is 10.1. The zero-order chi connectivity index (χ0) is 15.4. The summed E-state index contributed by atoms with van der Waals surface area (Å²) in [4.78, 5) is 41.0. The van der Waals surface area contributed by atoms with Crippen molar-refractivity contribution in [1.82, 2.24) is 5.06 Å². The highest BCUT2D eigenvalue weighted by molar-refractivity contribution is 6.20. The molecule has 0 fully saturated rings. The van der Waals surface area contributed by atoms with Crippen molar-refractivity contribution in [1.29, 1.82) is 0 Å². The van der Waals surface area contributed by atoms with Gasteiger partial charge < -0.3 is 9.57 Å². The largest absolute Gasteiger partial charge is 0.385 e. The van der Waals surface area contributed by atoms with E-state index in [9.17, 15) is 14.4 Å². The highest BCUT2D eigenvalue weighted by Gasteiger charge is 2.39. The van der Waals surface area contributed by atoms with Gasteiger partial charge in [0.1, 0.15) is 0 Å². The first-order valence-electron chi connectivity index (χ1n) is 6.74. The Morgan fingerprint density at radius 1 is 1.19 bits per heavy atom. The summed E-state index contributed by atoms with van der Waals surface area (Å²) < 4.78 is 4.91. The number of carbonyl (C=O) groups excluding carboxylic acids is 3. The van der Waals surface area contributed by atoms with Gasteiger partial charge in [0.2, 0.25) is 0 Å². The van der Waals surface area contributed by atoms with Crippen LogP contribution >= 0.6 is 0 Å². The maximum Gasteiger partial charge on any atom is 0.336 e. The smallest absolute Gasteiger partial charge is 0.336 e. The molecule has 0 spiro atoms. The van der Waals surface area contributed by atoms with Gasteiger partial charge in [-0.05, 0) is 25.0 Å². The molecule has 1 aromatic carbocycles. The van der Waals surface area contributed by atoms with Crippen LogP contribution < -0.4 is 0 Å². The third-order valence-electron chi connectivity index (χ3n) is 3.33. The lowest BCUT2D eigenvalue weighted by molar-refractivity contribution is -0.173. The molecular weight excluding hydrogens is 274 g/mol. The minimum Gasteiger partial charge on any atom is -0.385 e. The van der Waals surface area contributed by atoms with E-state index in [0.29, 0.717) is 24.5 Å². The summed E-state index contributed by atoms with van der Waals surface area (Å²) in [5.41, 5.74) is 0.504. The number of nitrogens with zero attached hydrogens (tertiary/aromatic N) is 1. The Bertz CT molecular complexity index is 534. The first-order valence-corrected chi connectivity index (χ1v) is 6.74. The fourth-order valence-corrected chi connectivity index (χ4v) is 2.08. The van der Waals surface area contributed by atoms with Gasteiger partial charge in [0.05, 0.1) is 17.0 Å². The normalized spacial score (nSPS) is 15.0. The Labute approximate surface area is 122 Å². The topological polar surface area (TPSA) is 72.9 Å². The minimum atomic E-state index is -0.604. The number of hydrogen-bond acceptors (Lipinski definition) is 5. The van der Waals surface area contributed by atoms with Gasteiger partial charge in [-0.3, -0.25) is 9.59 Å². The highest BCUT2D eigenvalue weighted by atomic mass is 16.7. The maximum atomic E-state index is 12.0. The number of hydroxylamine groups is 2. The molecule has 0 bridgehead atoms. The van der Waals surface area contributed by atoms with Crippen LogP contribution in [0.25, 0.3) is 0 Å². The third-order valence-corrected chi connectivity index (χ3v) is 3.33. The molecule has 1 heterocycles. The van der Waals surface area contributed by atoms with Gasteiger partial charge >= 0.3 is 5.97 Å². The Morgan fingerprint density at radius 2 is 1.76 bits per heavy atom. The fraction of sp³-hybridized carbons (Fsp3) is 0.400. The van der Waals surface area contributed by atoms with E-state index in [1.165, 1.54) is 12.1 Å². The van der Waals surface area contributed by atoms with Crippen molar-refractivity contribution >= 4 is 17.8 Å². The summed E-state index contributed by atoms with van der Waals surface area (Å²) in [6.45, 7) is 2.24. The minimum absolute atomic E-state index is 0.252. The van der Waals surface area contributed by atoms with Gasteiger partial charge in [-0.1, -0.05) is 24.1 Å². The second-order valence-corrected chi connectivity index (χ2v) is 4.90. The standard InChI is InChI=1S/C15H17NO5/c1-10(6-5-9-20-2)15(19)21-16-13(17)11-7-3-4-8-12(11)14(16)18/h3-4,7-8,10H,5-6,9H2,1-2H3. The summed E-state index contributed by atoms with van der Waals surface area (Å²) in [5, 5.41) is 0.541. The Morgan fingerprint density at radius 3 is 2.29 bits per heavy atom. The zero-order valence-corrected chi connectivity index (χ0v) is 12.0. The maximum absolute atomic E-state index is 12.0. The molecule has 21 heavy (non-hydrogen) atoms. The Balaban J connectivity index is 2.00. The van der Waals surface area contributed by atoms with Crippen LogP contribution in [0, 0.1) is 5.92 Å². The predicted octanol–water partition coefficient (Wildman–Crippen LogP) is 1.80. The van der Waals surface area contributed by atoms with Crippen molar-refractivity contribution in [2.24, 2.45) is 5.92 Å². The van der Waals surface area contributed by atoms with E-state index in [0.717, 1.165) is 0 Å². The molecule has 1 aliphatic heterocycles. The molecule has 0 radical (unpaired) electrons. The zero-order valence-electron chi connectivity index (χ0n) is 12.0. The van der Waals surface area contributed by atoms with Gasteiger partial charge in [-0.2, -0.15) is 0 Å². The van der Waals surface area contributed by atoms with E-state index >= 15 is 0 Å². The van der Waals surface area contributed by atoms with Crippen LogP contribution in [0.2, 0.25) is 0 Å².